The topological polar surface area (TPSA) is 43.1 Å². The SMILES string of the molecule is CN.O=CCCc1cccc(Cl)c1. The maximum Gasteiger partial charge on any atom is 0.120 e. The fourth-order valence-corrected chi connectivity index (χ4v) is 1.13. The van der Waals surface area contributed by atoms with Gasteiger partial charge in [0.05, 0.1) is 0 Å². The van der Waals surface area contributed by atoms with Crippen molar-refractivity contribution in [3.05, 3.63) is 34.9 Å². The molecule has 1 aromatic carbocycles. The van der Waals surface area contributed by atoms with Gasteiger partial charge in [-0.15, -0.1) is 0 Å². The lowest BCUT2D eigenvalue weighted by Gasteiger charge is -1.96. The number of aryl methyl sites for hydroxylation is 1. The molecular formula is C10H14ClNO. The third kappa shape index (κ3) is 5.39. The number of benzene rings is 1. The minimum Gasteiger partial charge on any atom is -0.333 e. The Morgan fingerprint density at radius 2 is 2.15 bits per heavy atom. The summed E-state index contributed by atoms with van der Waals surface area (Å²) in [4.78, 5) is 10.0. The molecule has 0 saturated heterocycles. The molecule has 0 aliphatic heterocycles. The van der Waals surface area contributed by atoms with Crippen LogP contribution in [0.15, 0.2) is 24.3 Å². The predicted molar refractivity (Wildman–Crippen MR) is 55.9 cm³/mol. The summed E-state index contributed by atoms with van der Waals surface area (Å²) in [6, 6.07) is 7.56. The molecule has 0 heterocycles. The molecule has 0 aliphatic carbocycles. The van der Waals surface area contributed by atoms with Gasteiger partial charge >= 0.3 is 0 Å². The number of carbonyl (C=O) groups excluding carboxylic acids is 1. The molecule has 2 nitrogen and oxygen atoms in total. The Morgan fingerprint density at radius 3 is 2.69 bits per heavy atom. The van der Waals surface area contributed by atoms with E-state index in [-0.39, 0.29) is 0 Å². The smallest absolute Gasteiger partial charge is 0.120 e. The minimum atomic E-state index is 0.570. The Balaban J connectivity index is 0.000000671. The van der Waals surface area contributed by atoms with Crippen LogP contribution in [0, 0.1) is 0 Å². The molecule has 0 spiro atoms. The Bertz CT molecular complexity index is 250. The zero-order valence-electron chi connectivity index (χ0n) is 7.66. The van der Waals surface area contributed by atoms with Crippen LogP contribution in [0.5, 0.6) is 0 Å². The van der Waals surface area contributed by atoms with Crippen molar-refractivity contribution in [2.45, 2.75) is 12.8 Å². The number of nitrogens with two attached hydrogens (primary N) is 1. The first-order chi connectivity index (χ1) is 6.33. The molecular weight excluding hydrogens is 186 g/mol. The Labute approximate surface area is 83.7 Å². The van der Waals surface area contributed by atoms with Gasteiger partial charge in [-0.05, 0) is 31.2 Å². The normalized spacial score (nSPS) is 8.54. The maximum absolute atomic E-state index is 10.0. The van der Waals surface area contributed by atoms with Crippen molar-refractivity contribution in [1.29, 1.82) is 0 Å². The number of rotatable bonds is 3. The average Bonchev–Trinajstić information content (AvgIpc) is 2.18. The highest BCUT2D eigenvalue weighted by Crippen LogP contribution is 2.11. The minimum absolute atomic E-state index is 0.570. The lowest BCUT2D eigenvalue weighted by molar-refractivity contribution is -0.107. The van der Waals surface area contributed by atoms with E-state index in [0.717, 1.165) is 23.3 Å². The molecule has 0 fully saturated rings. The van der Waals surface area contributed by atoms with Crippen LogP contribution in [0.3, 0.4) is 0 Å². The molecule has 1 rings (SSSR count). The van der Waals surface area contributed by atoms with Crippen molar-refractivity contribution >= 4 is 17.9 Å². The standard InChI is InChI=1S/C9H9ClO.CH5N/c10-9-5-1-3-8(7-9)4-2-6-11;1-2/h1,3,5-7H,2,4H2;2H2,1H3. The van der Waals surface area contributed by atoms with Gasteiger partial charge < -0.3 is 10.5 Å². The van der Waals surface area contributed by atoms with E-state index in [9.17, 15) is 4.79 Å². The molecule has 0 atom stereocenters. The third-order valence-electron chi connectivity index (χ3n) is 1.44. The summed E-state index contributed by atoms with van der Waals surface area (Å²) in [6.45, 7) is 0. The van der Waals surface area contributed by atoms with E-state index in [4.69, 9.17) is 11.6 Å². The second-order valence-corrected chi connectivity index (χ2v) is 2.77. The highest BCUT2D eigenvalue weighted by atomic mass is 35.5. The molecule has 0 amide bonds. The number of hydrogen-bond donors (Lipinski definition) is 1. The van der Waals surface area contributed by atoms with Crippen LogP contribution < -0.4 is 5.73 Å². The Kier molecular flexibility index (Phi) is 7.26. The van der Waals surface area contributed by atoms with Crippen molar-refractivity contribution < 1.29 is 4.79 Å². The van der Waals surface area contributed by atoms with Crippen molar-refractivity contribution in [3.63, 3.8) is 0 Å². The van der Waals surface area contributed by atoms with Gasteiger partial charge in [0.1, 0.15) is 6.29 Å². The molecule has 0 bridgehead atoms. The largest absolute Gasteiger partial charge is 0.333 e. The molecule has 13 heavy (non-hydrogen) atoms. The van der Waals surface area contributed by atoms with Crippen molar-refractivity contribution in [2.24, 2.45) is 5.73 Å². The first kappa shape index (κ1) is 12.1. The monoisotopic (exact) mass is 199 g/mol. The van der Waals surface area contributed by atoms with E-state index in [1.165, 1.54) is 7.05 Å². The molecule has 0 aliphatic rings. The molecule has 0 saturated carbocycles. The zero-order chi connectivity index (χ0) is 10.1. The zero-order valence-corrected chi connectivity index (χ0v) is 8.42. The van der Waals surface area contributed by atoms with Crippen molar-refractivity contribution in [3.8, 4) is 0 Å². The fraction of sp³-hybridized carbons (Fsp3) is 0.300. The molecule has 3 heteroatoms. The molecule has 72 valence electrons. The Morgan fingerprint density at radius 1 is 1.46 bits per heavy atom. The molecule has 2 N–H and O–H groups in total. The van der Waals surface area contributed by atoms with Gasteiger partial charge in [-0.1, -0.05) is 23.7 Å². The van der Waals surface area contributed by atoms with Gasteiger partial charge in [0.2, 0.25) is 0 Å². The van der Waals surface area contributed by atoms with E-state index < -0.39 is 0 Å². The van der Waals surface area contributed by atoms with Crippen LogP contribution in [-0.2, 0) is 11.2 Å². The highest BCUT2D eigenvalue weighted by Gasteiger charge is 1.92. The van der Waals surface area contributed by atoms with Crippen molar-refractivity contribution in [2.75, 3.05) is 7.05 Å². The second kappa shape index (κ2) is 7.77. The quantitative estimate of drug-likeness (QED) is 0.758. The number of hydrogen-bond acceptors (Lipinski definition) is 2. The summed E-state index contributed by atoms with van der Waals surface area (Å²) in [5.41, 5.74) is 5.62. The van der Waals surface area contributed by atoms with Gasteiger partial charge in [0.15, 0.2) is 0 Å². The van der Waals surface area contributed by atoms with Crippen LogP contribution in [0.2, 0.25) is 5.02 Å². The summed E-state index contributed by atoms with van der Waals surface area (Å²) in [5, 5.41) is 0.730. The summed E-state index contributed by atoms with van der Waals surface area (Å²) < 4.78 is 0. The first-order valence-corrected chi connectivity index (χ1v) is 4.46. The van der Waals surface area contributed by atoms with Crippen LogP contribution >= 0.6 is 11.6 Å². The summed E-state index contributed by atoms with van der Waals surface area (Å²) in [6.07, 6.45) is 2.27. The lowest BCUT2D eigenvalue weighted by atomic mass is 10.1. The van der Waals surface area contributed by atoms with E-state index in [0.29, 0.717) is 6.42 Å². The third-order valence-corrected chi connectivity index (χ3v) is 1.67. The molecule has 1 aromatic rings. The van der Waals surface area contributed by atoms with Gasteiger partial charge in [0, 0.05) is 11.4 Å². The van der Waals surface area contributed by atoms with Gasteiger partial charge in [0.25, 0.3) is 0 Å². The molecule has 0 unspecified atom stereocenters. The second-order valence-electron chi connectivity index (χ2n) is 2.34. The van der Waals surface area contributed by atoms with E-state index in [2.05, 4.69) is 5.73 Å². The maximum atomic E-state index is 10.0. The average molecular weight is 200 g/mol. The van der Waals surface area contributed by atoms with Gasteiger partial charge in [-0.2, -0.15) is 0 Å². The van der Waals surface area contributed by atoms with Gasteiger partial charge in [-0.25, -0.2) is 0 Å². The van der Waals surface area contributed by atoms with Gasteiger partial charge in [-0.3, -0.25) is 0 Å². The van der Waals surface area contributed by atoms with E-state index in [1.54, 1.807) is 0 Å². The predicted octanol–water partition coefficient (Wildman–Crippen LogP) is 2.05. The molecule has 0 aromatic heterocycles. The number of halogens is 1. The first-order valence-electron chi connectivity index (χ1n) is 4.09. The summed E-state index contributed by atoms with van der Waals surface area (Å²) >= 11 is 5.74. The summed E-state index contributed by atoms with van der Waals surface area (Å²) in [7, 11) is 1.50. The van der Waals surface area contributed by atoms with E-state index >= 15 is 0 Å². The number of carbonyl (C=O) groups is 1. The summed E-state index contributed by atoms with van der Waals surface area (Å²) in [5.74, 6) is 0. The van der Waals surface area contributed by atoms with Crippen molar-refractivity contribution in [1.82, 2.24) is 0 Å². The Hall–Kier alpha value is -0.860. The van der Waals surface area contributed by atoms with Crippen LogP contribution in [0.25, 0.3) is 0 Å². The highest BCUT2D eigenvalue weighted by molar-refractivity contribution is 6.30. The fourth-order valence-electron chi connectivity index (χ4n) is 0.918. The van der Waals surface area contributed by atoms with E-state index in [1.807, 2.05) is 24.3 Å². The van der Waals surface area contributed by atoms with Crippen LogP contribution in [0.1, 0.15) is 12.0 Å². The van der Waals surface area contributed by atoms with Crippen LogP contribution in [-0.4, -0.2) is 13.3 Å². The number of aldehydes is 1. The van der Waals surface area contributed by atoms with Crippen LogP contribution in [0.4, 0.5) is 0 Å². The molecule has 0 radical (unpaired) electrons. The lowest BCUT2D eigenvalue weighted by Crippen LogP contribution is -1.84.